The Bertz CT molecular complexity index is 263. The van der Waals surface area contributed by atoms with Crippen LogP contribution >= 0.6 is 22.6 Å². The molecule has 1 rings (SSSR count). The summed E-state index contributed by atoms with van der Waals surface area (Å²) in [6, 6.07) is 3.79. The molecule has 60 valence electrons. The van der Waals surface area contributed by atoms with Gasteiger partial charge in [-0.2, -0.15) is 0 Å². The normalized spacial score (nSPS) is 12.1. The molecule has 0 saturated heterocycles. The third kappa shape index (κ3) is 2.34. The van der Waals surface area contributed by atoms with Crippen molar-refractivity contribution >= 4 is 26.2 Å². The number of rotatable bonds is 2. The first-order valence-electron chi connectivity index (χ1n) is 3.27. The summed E-state index contributed by atoms with van der Waals surface area (Å²) in [5.41, 5.74) is 0. The van der Waals surface area contributed by atoms with E-state index in [0.29, 0.717) is 0 Å². The lowest BCUT2D eigenvalue weighted by molar-refractivity contribution is 0.343. The molecule has 0 radical (unpaired) electrons. The first kappa shape index (κ1) is 8.80. The predicted octanol–water partition coefficient (Wildman–Crippen LogP) is 2.36. The van der Waals surface area contributed by atoms with Crippen LogP contribution < -0.4 is 0 Å². The Morgan fingerprint density at radius 2 is 2.45 bits per heavy atom. The molecule has 0 aliphatic heterocycles. The Morgan fingerprint density at radius 1 is 1.73 bits per heavy atom. The van der Waals surface area contributed by atoms with Gasteiger partial charge in [0.15, 0.2) is 0 Å². The van der Waals surface area contributed by atoms with Crippen molar-refractivity contribution in [2.24, 2.45) is 0 Å². The Balaban J connectivity index is 2.84. The van der Waals surface area contributed by atoms with E-state index in [0.717, 1.165) is 15.1 Å². The molecule has 1 aromatic heterocycles. The highest BCUT2D eigenvalue weighted by Gasteiger charge is 2.00. The molecule has 0 aliphatic rings. The number of hydrogen-bond donors (Lipinski definition) is 1. The zero-order valence-electron chi connectivity index (χ0n) is 6.17. The van der Waals surface area contributed by atoms with Crippen molar-refractivity contribution in [3.63, 3.8) is 0 Å². The van der Waals surface area contributed by atoms with Gasteiger partial charge < -0.3 is 9.52 Å². The van der Waals surface area contributed by atoms with E-state index in [1.807, 2.05) is 19.1 Å². The fourth-order valence-corrected chi connectivity index (χ4v) is 1.23. The summed E-state index contributed by atoms with van der Waals surface area (Å²) in [6.45, 7) is 1.95. The molecular formula is C8H9IO2. The second-order valence-corrected chi connectivity index (χ2v) is 3.31. The van der Waals surface area contributed by atoms with Gasteiger partial charge in [0.2, 0.25) is 0 Å². The smallest absolute Gasteiger partial charge is 0.140 e. The van der Waals surface area contributed by atoms with Gasteiger partial charge in [0.05, 0.1) is 10.2 Å². The van der Waals surface area contributed by atoms with Crippen molar-refractivity contribution in [2.75, 3.05) is 6.61 Å². The third-order valence-electron chi connectivity index (χ3n) is 1.25. The minimum Gasteiger partial charge on any atom is -0.461 e. The number of aliphatic hydroxyl groups is 1. The minimum absolute atomic E-state index is 0.0536. The van der Waals surface area contributed by atoms with E-state index in [2.05, 4.69) is 22.6 Å². The SMILES string of the molecule is Cc1ccc(/C(I)=C/CO)o1. The van der Waals surface area contributed by atoms with E-state index in [1.54, 1.807) is 6.08 Å². The van der Waals surface area contributed by atoms with Gasteiger partial charge in [-0.15, -0.1) is 0 Å². The second-order valence-electron chi connectivity index (χ2n) is 2.14. The average Bonchev–Trinajstić information content (AvgIpc) is 2.36. The molecule has 1 aromatic rings. The molecule has 0 atom stereocenters. The lowest BCUT2D eigenvalue weighted by atomic mass is 10.4. The highest BCUT2D eigenvalue weighted by molar-refractivity contribution is 14.1. The summed E-state index contributed by atoms with van der Waals surface area (Å²) in [7, 11) is 0. The zero-order chi connectivity index (χ0) is 8.27. The standard InChI is InChI=1S/C8H9IO2/c1-6-2-3-8(11-6)7(9)4-5-10/h2-4,10H,5H2,1H3/b7-4-. The summed E-state index contributed by atoms with van der Waals surface area (Å²) in [5.74, 6) is 1.71. The van der Waals surface area contributed by atoms with Gasteiger partial charge in [0.25, 0.3) is 0 Å². The molecular weight excluding hydrogens is 255 g/mol. The highest BCUT2D eigenvalue weighted by atomic mass is 127. The van der Waals surface area contributed by atoms with Gasteiger partial charge in [0.1, 0.15) is 11.5 Å². The molecule has 0 unspecified atom stereocenters. The summed E-state index contributed by atoms with van der Waals surface area (Å²) < 4.78 is 6.25. The molecule has 2 nitrogen and oxygen atoms in total. The lowest BCUT2D eigenvalue weighted by Crippen LogP contribution is -1.75. The molecule has 0 aliphatic carbocycles. The number of aryl methyl sites for hydroxylation is 1. The van der Waals surface area contributed by atoms with E-state index in [-0.39, 0.29) is 6.61 Å². The average molecular weight is 264 g/mol. The van der Waals surface area contributed by atoms with E-state index >= 15 is 0 Å². The molecule has 0 spiro atoms. The van der Waals surface area contributed by atoms with Crippen molar-refractivity contribution in [3.05, 3.63) is 29.7 Å². The van der Waals surface area contributed by atoms with Crippen molar-refractivity contribution in [1.29, 1.82) is 0 Å². The minimum atomic E-state index is 0.0536. The van der Waals surface area contributed by atoms with Gasteiger partial charge in [-0.25, -0.2) is 0 Å². The maximum atomic E-state index is 8.58. The van der Waals surface area contributed by atoms with Crippen LogP contribution in [0.2, 0.25) is 0 Å². The van der Waals surface area contributed by atoms with Crippen LogP contribution in [0, 0.1) is 6.92 Å². The van der Waals surface area contributed by atoms with Gasteiger partial charge in [-0.3, -0.25) is 0 Å². The fourth-order valence-electron chi connectivity index (χ4n) is 0.744. The molecule has 1 N–H and O–H groups in total. The summed E-state index contributed by atoms with van der Waals surface area (Å²) >= 11 is 2.13. The van der Waals surface area contributed by atoms with Crippen molar-refractivity contribution in [2.45, 2.75) is 6.92 Å². The van der Waals surface area contributed by atoms with E-state index in [4.69, 9.17) is 9.52 Å². The van der Waals surface area contributed by atoms with Crippen LogP contribution in [-0.4, -0.2) is 11.7 Å². The third-order valence-corrected chi connectivity index (χ3v) is 2.22. The van der Waals surface area contributed by atoms with E-state index < -0.39 is 0 Å². The van der Waals surface area contributed by atoms with Crippen LogP contribution in [0.1, 0.15) is 11.5 Å². The Morgan fingerprint density at radius 3 is 2.91 bits per heavy atom. The van der Waals surface area contributed by atoms with Crippen LogP contribution in [0.3, 0.4) is 0 Å². The van der Waals surface area contributed by atoms with Gasteiger partial charge in [-0.1, -0.05) is 0 Å². The molecule has 0 fully saturated rings. The van der Waals surface area contributed by atoms with Crippen LogP contribution in [0.4, 0.5) is 0 Å². The molecule has 0 amide bonds. The number of aliphatic hydroxyl groups excluding tert-OH is 1. The largest absolute Gasteiger partial charge is 0.461 e. The number of hydrogen-bond acceptors (Lipinski definition) is 2. The van der Waals surface area contributed by atoms with E-state index in [9.17, 15) is 0 Å². The number of furan rings is 1. The van der Waals surface area contributed by atoms with Gasteiger partial charge >= 0.3 is 0 Å². The van der Waals surface area contributed by atoms with Crippen LogP contribution in [0.25, 0.3) is 3.58 Å². The van der Waals surface area contributed by atoms with Crippen molar-refractivity contribution < 1.29 is 9.52 Å². The van der Waals surface area contributed by atoms with E-state index in [1.165, 1.54) is 0 Å². The molecule has 11 heavy (non-hydrogen) atoms. The Labute approximate surface area is 79.1 Å². The molecule has 1 heterocycles. The van der Waals surface area contributed by atoms with Gasteiger partial charge in [-0.05, 0) is 47.7 Å². The highest BCUT2D eigenvalue weighted by Crippen LogP contribution is 2.22. The fraction of sp³-hybridized carbons (Fsp3) is 0.250. The molecule has 0 bridgehead atoms. The van der Waals surface area contributed by atoms with Crippen LogP contribution in [-0.2, 0) is 0 Å². The first-order valence-corrected chi connectivity index (χ1v) is 4.35. The van der Waals surface area contributed by atoms with Gasteiger partial charge in [0, 0.05) is 0 Å². The lowest BCUT2D eigenvalue weighted by Gasteiger charge is -1.91. The second kappa shape index (κ2) is 3.92. The molecule has 0 aromatic carbocycles. The number of halogens is 1. The van der Waals surface area contributed by atoms with Crippen LogP contribution in [0.5, 0.6) is 0 Å². The summed E-state index contributed by atoms with van der Waals surface area (Å²) in [5, 5.41) is 8.58. The summed E-state index contributed by atoms with van der Waals surface area (Å²) in [6.07, 6.45) is 1.71. The van der Waals surface area contributed by atoms with Crippen molar-refractivity contribution in [1.82, 2.24) is 0 Å². The van der Waals surface area contributed by atoms with Crippen molar-refractivity contribution in [3.8, 4) is 0 Å². The Kier molecular flexibility index (Phi) is 3.14. The molecule has 3 heteroatoms. The quantitative estimate of drug-likeness (QED) is 0.832. The maximum absolute atomic E-state index is 8.58. The molecule has 0 saturated carbocycles. The zero-order valence-corrected chi connectivity index (χ0v) is 8.33. The maximum Gasteiger partial charge on any atom is 0.140 e. The Hall–Kier alpha value is -0.290. The summed E-state index contributed by atoms with van der Waals surface area (Å²) in [4.78, 5) is 0. The predicted molar refractivity (Wildman–Crippen MR) is 52.5 cm³/mol. The monoisotopic (exact) mass is 264 g/mol. The first-order chi connectivity index (χ1) is 5.24. The topological polar surface area (TPSA) is 33.4 Å². The van der Waals surface area contributed by atoms with Crippen LogP contribution in [0.15, 0.2) is 22.6 Å².